The maximum absolute atomic E-state index is 12.6. The summed E-state index contributed by atoms with van der Waals surface area (Å²) in [6, 6.07) is 12.5. The van der Waals surface area contributed by atoms with Crippen molar-refractivity contribution < 1.29 is 13.2 Å². The van der Waals surface area contributed by atoms with E-state index >= 15 is 0 Å². The van der Waals surface area contributed by atoms with Crippen LogP contribution in [0.4, 0.5) is 0 Å². The van der Waals surface area contributed by atoms with Crippen LogP contribution in [0.25, 0.3) is 10.4 Å². The molecule has 0 saturated carbocycles. The molecule has 0 spiro atoms. The van der Waals surface area contributed by atoms with Crippen LogP contribution in [-0.4, -0.2) is 14.3 Å². The Bertz CT molecular complexity index is 1200. The van der Waals surface area contributed by atoms with Gasteiger partial charge < -0.3 is 5.32 Å². The lowest BCUT2D eigenvalue weighted by molar-refractivity contribution is 0.0955. The van der Waals surface area contributed by atoms with Gasteiger partial charge in [0.05, 0.1) is 20.5 Å². The van der Waals surface area contributed by atoms with Crippen LogP contribution in [-0.2, 0) is 22.1 Å². The second-order valence-corrected chi connectivity index (χ2v) is 10.5. The molecule has 0 bridgehead atoms. The van der Waals surface area contributed by atoms with Crippen molar-refractivity contribution >= 4 is 50.3 Å². The van der Waals surface area contributed by atoms with E-state index in [0.717, 1.165) is 11.1 Å². The Morgan fingerprint density at radius 3 is 2.57 bits per heavy atom. The summed E-state index contributed by atoms with van der Waals surface area (Å²) in [5, 5.41) is 3.41. The first kappa shape index (κ1) is 19.5. The van der Waals surface area contributed by atoms with E-state index < -0.39 is 9.84 Å². The third-order valence-corrected chi connectivity index (χ3v) is 7.93. The standard InChI is InChI=1S/C20H15Cl2NO3S2/c1-11-2-4-12(5-3-11)9-23-20(24)16-6-13-10-28(25,26)17-8-14(21)7-15(22)18(17)19(13)27-16/h2-8H,9-10H2,1H3,(H,23,24). The molecular weight excluding hydrogens is 437 g/mol. The minimum atomic E-state index is -3.57. The Labute approximate surface area is 177 Å². The van der Waals surface area contributed by atoms with Crippen LogP contribution in [0, 0.1) is 6.92 Å². The summed E-state index contributed by atoms with van der Waals surface area (Å²) in [6.45, 7) is 2.40. The van der Waals surface area contributed by atoms with Crippen LogP contribution < -0.4 is 5.32 Å². The number of thiophene rings is 1. The van der Waals surface area contributed by atoms with Crippen molar-refractivity contribution in [2.45, 2.75) is 24.1 Å². The first-order valence-electron chi connectivity index (χ1n) is 8.43. The van der Waals surface area contributed by atoms with Crippen LogP contribution in [0.3, 0.4) is 0 Å². The largest absolute Gasteiger partial charge is 0.347 e. The van der Waals surface area contributed by atoms with E-state index in [9.17, 15) is 13.2 Å². The van der Waals surface area contributed by atoms with Crippen LogP contribution in [0.5, 0.6) is 0 Å². The first-order valence-corrected chi connectivity index (χ1v) is 11.7. The highest BCUT2D eigenvalue weighted by Gasteiger charge is 2.33. The summed E-state index contributed by atoms with van der Waals surface area (Å²) < 4.78 is 25.3. The molecule has 0 saturated heterocycles. The molecule has 0 unspecified atom stereocenters. The predicted molar refractivity (Wildman–Crippen MR) is 113 cm³/mol. The Morgan fingerprint density at radius 1 is 1.14 bits per heavy atom. The molecule has 0 aliphatic carbocycles. The number of fused-ring (bicyclic) bond motifs is 3. The van der Waals surface area contributed by atoms with Crippen molar-refractivity contribution in [1.29, 1.82) is 0 Å². The van der Waals surface area contributed by atoms with Crippen molar-refractivity contribution in [2.24, 2.45) is 0 Å². The number of benzene rings is 2. The number of aryl methyl sites for hydroxylation is 1. The fourth-order valence-electron chi connectivity index (χ4n) is 3.13. The topological polar surface area (TPSA) is 63.2 Å². The van der Waals surface area contributed by atoms with E-state index in [1.165, 1.54) is 23.5 Å². The van der Waals surface area contributed by atoms with Crippen LogP contribution in [0.2, 0.25) is 10.0 Å². The zero-order valence-corrected chi connectivity index (χ0v) is 17.9. The van der Waals surface area contributed by atoms with Crippen molar-refractivity contribution in [3.63, 3.8) is 0 Å². The number of hydrogen-bond acceptors (Lipinski definition) is 4. The average molecular weight is 452 g/mol. The van der Waals surface area contributed by atoms with E-state index in [4.69, 9.17) is 23.2 Å². The summed E-state index contributed by atoms with van der Waals surface area (Å²) in [7, 11) is -3.57. The smallest absolute Gasteiger partial charge is 0.261 e. The summed E-state index contributed by atoms with van der Waals surface area (Å²) in [4.78, 5) is 13.9. The van der Waals surface area contributed by atoms with Gasteiger partial charge in [0.15, 0.2) is 9.84 Å². The number of carbonyl (C=O) groups is 1. The van der Waals surface area contributed by atoms with Crippen LogP contribution in [0.15, 0.2) is 47.4 Å². The number of sulfone groups is 1. The molecule has 1 aliphatic rings. The fourth-order valence-corrected chi connectivity index (χ4v) is 6.85. The molecule has 1 N–H and O–H groups in total. The maximum atomic E-state index is 12.6. The van der Waals surface area contributed by atoms with Crippen molar-refractivity contribution in [3.8, 4) is 10.4 Å². The normalized spacial score (nSPS) is 14.2. The quantitative estimate of drug-likeness (QED) is 0.591. The Morgan fingerprint density at radius 2 is 1.86 bits per heavy atom. The molecule has 1 amide bonds. The number of nitrogens with one attached hydrogen (secondary N) is 1. The highest BCUT2D eigenvalue weighted by atomic mass is 35.5. The van der Waals surface area contributed by atoms with E-state index in [1.807, 2.05) is 31.2 Å². The highest BCUT2D eigenvalue weighted by Crippen LogP contribution is 2.47. The van der Waals surface area contributed by atoms with Crippen molar-refractivity contribution in [3.05, 3.63) is 74.1 Å². The van der Waals surface area contributed by atoms with E-state index in [2.05, 4.69) is 5.32 Å². The summed E-state index contributed by atoms with van der Waals surface area (Å²) in [5.74, 6) is -0.419. The molecule has 2 heterocycles. The summed E-state index contributed by atoms with van der Waals surface area (Å²) >= 11 is 13.5. The number of rotatable bonds is 3. The molecule has 1 aliphatic heterocycles. The number of hydrogen-bond donors (Lipinski definition) is 1. The molecule has 0 radical (unpaired) electrons. The molecule has 0 fully saturated rings. The molecule has 0 atom stereocenters. The van der Waals surface area contributed by atoms with Gasteiger partial charge in [-0.1, -0.05) is 53.0 Å². The van der Waals surface area contributed by atoms with E-state index in [0.29, 0.717) is 27.4 Å². The van der Waals surface area contributed by atoms with Gasteiger partial charge in [0.2, 0.25) is 0 Å². The Balaban J connectivity index is 1.66. The molecule has 3 aromatic rings. The van der Waals surface area contributed by atoms with Gasteiger partial charge in [-0.15, -0.1) is 11.3 Å². The Hall–Kier alpha value is -1.86. The van der Waals surface area contributed by atoms with Gasteiger partial charge in [-0.3, -0.25) is 4.79 Å². The van der Waals surface area contributed by atoms with Gasteiger partial charge in [-0.05, 0) is 36.2 Å². The second-order valence-electron chi connectivity index (χ2n) is 6.65. The van der Waals surface area contributed by atoms with Gasteiger partial charge >= 0.3 is 0 Å². The van der Waals surface area contributed by atoms with Gasteiger partial charge in [-0.2, -0.15) is 0 Å². The summed E-state index contributed by atoms with van der Waals surface area (Å²) in [5.41, 5.74) is 3.15. The molecular formula is C20H15Cl2NO3S2. The zero-order valence-electron chi connectivity index (χ0n) is 14.8. The van der Waals surface area contributed by atoms with E-state index in [-0.39, 0.29) is 26.6 Å². The molecule has 2 aromatic carbocycles. The highest BCUT2D eigenvalue weighted by molar-refractivity contribution is 7.91. The van der Waals surface area contributed by atoms with Gasteiger partial charge in [0, 0.05) is 22.0 Å². The van der Waals surface area contributed by atoms with Crippen LogP contribution in [0.1, 0.15) is 26.4 Å². The third-order valence-electron chi connectivity index (χ3n) is 4.53. The minimum Gasteiger partial charge on any atom is -0.347 e. The molecule has 4 rings (SSSR count). The second kappa shape index (κ2) is 7.19. The average Bonchev–Trinajstić information content (AvgIpc) is 3.03. The monoisotopic (exact) mass is 451 g/mol. The molecule has 1 aromatic heterocycles. The number of carbonyl (C=O) groups excluding carboxylic acids is 1. The zero-order chi connectivity index (χ0) is 20.1. The number of amides is 1. The van der Waals surface area contributed by atoms with Gasteiger partial charge in [-0.25, -0.2) is 8.42 Å². The predicted octanol–water partition coefficient (Wildman–Crippen LogP) is 5.25. The lowest BCUT2D eigenvalue weighted by atomic mass is 10.1. The van der Waals surface area contributed by atoms with Crippen LogP contribution >= 0.6 is 34.5 Å². The Kier molecular flexibility index (Phi) is 5.00. The summed E-state index contributed by atoms with van der Waals surface area (Å²) in [6.07, 6.45) is 0. The molecule has 4 nitrogen and oxygen atoms in total. The first-order chi connectivity index (χ1) is 13.2. The number of halogens is 2. The fraction of sp³-hybridized carbons (Fsp3) is 0.150. The van der Waals surface area contributed by atoms with E-state index in [1.54, 1.807) is 6.07 Å². The van der Waals surface area contributed by atoms with Gasteiger partial charge in [0.1, 0.15) is 0 Å². The molecule has 28 heavy (non-hydrogen) atoms. The third kappa shape index (κ3) is 3.57. The van der Waals surface area contributed by atoms with Crippen molar-refractivity contribution in [1.82, 2.24) is 5.32 Å². The van der Waals surface area contributed by atoms with Crippen molar-refractivity contribution in [2.75, 3.05) is 0 Å². The molecule has 8 heteroatoms. The lowest BCUT2D eigenvalue weighted by Crippen LogP contribution is -2.21. The molecule has 144 valence electrons. The SMILES string of the molecule is Cc1ccc(CNC(=O)c2cc3c(s2)-c2c(Cl)cc(Cl)cc2S(=O)(=O)C3)cc1. The van der Waals surface area contributed by atoms with Gasteiger partial charge in [0.25, 0.3) is 5.91 Å². The lowest BCUT2D eigenvalue weighted by Gasteiger charge is -2.18. The maximum Gasteiger partial charge on any atom is 0.261 e. The minimum absolute atomic E-state index is 0.117.